The molecule has 18 heavy (non-hydrogen) atoms. The second-order valence-corrected chi connectivity index (χ2v) is 5.05. The molecule has 0 spiro atoms. The van der Waals surface area contributed by atoms with Crippen LogP contribution in [0.3, 0.4) is 0 Å². The highest BCUT2D eigenvalue weighted by molar-refractivity contribution is 6.30. The fourth-order valence-electron chi connectivity index (χ4n) is 1.83. The van der Waals surface area contributed by atoms with E-state index in [-0.39, 0.29) is 11.9 Å². The molecule has 1 aromatic carbocycles. The van der Waals surface area contributed by atoms with Crippen molar-refractivity contribution in [3.63, 3.8) is 0 Å². The van der Waals surface area contributed by atoms with Crippen LogP contribution in [-0.4, -0.2) is 23.4 Å². The summed E-state index contributed by atoms with van der Waals surface area (Å²) >= 11 is 5.84. The summed E-state index contributed by atoms with van der Waals surface area (Å²) < 4.78 is 0. The predicted octanol–water partition coefficient (Wildman–Crippen LogP) is 4.38. The number of amides is 1. The van der Waals surface area contributed by atoms with Crippen molar-refractivity contribution < 1.29 is 4.79 Å². The number of rotatable bonds is 6. The minimum Gasteiger partial charge on any atom is -0.336 e. The SMILES string of the molecule is CCCCN(C(=O)c1ccc(Cl)cc1)C(C)CC. The monoisotopic (exact) mass is 267 g/mol. The fourth-order valence-corrected chi connectivity index (χ4v) is 1.96. The number of hydrogen-bond donors (Lipinski definition) is 0. The van der Waals surface area contributed by atoms with Crippen molar-refractivity contribution in [2.45, 2.75) is 46.1 Å². The first-order valence-electron chi connectivity index (χ1n) is 6.66. The maximum absolute atomic E-state index is 12.4. The third-order valence-electron chi connectivity index (χ3n) is 3.23. The zero-order valence-electron chi connectivity index (χ0n) is 11.4. The number of carbonyl (C=O) groups excluding carboxylic acids is 1. The van der Waals surface area contributed by atoms with E-state index in [1.165, 1.54) is 0 Å². The Labute approximate surface area is 115 Å². The van der Waals surface area contributed by atoms with Gasteiger partial charge in [0.25, 0.3) is 5.91 Å². The van der Waals surface area contributed by atoms with E-state index in [1.54, 1.807) is 24.3 Å². The van der Waals surface area contributed by atoms with Gasteiger partial charge in [0.1, 0.15) is 0 Å². The molecule has 0 radical (unpaired) electrons. The molecule has 1 amide bonds. The van der Waals surface area contributed by atoms with Crippen molar-refractivity contribution in [2.75, 3.05) is 6.54 Å². The molecule has 1 atom stereocenters. The molecule has 100 valence electrons. The van der Waals surface area contributed by atoms with Crippen LogP contribution in [0.4, 0.5) is 0 Å². The molecule has 0 aromatic heterocycles. The molecule has 1 aromatic rings. The lowest BCUT2D eigenvalue weighted by atomic mass is 10.1. The molecule has 0 N–H and O–H groups in total. The van der Waals surface area contributed by atoms with Gasteiger partial charge in [-0.2, -0.15) is 0 Å². The highest BCUT2D eigenvalue weighted by Crippen LogP contribution is 2.15. The second-order valence-electron chi connectivity index (χ2n) is 4.62. The molecule has 0 aliphatic rings. The van der Waals surface area contributed by atoms with Gasteiger partial charge in [0, 0.05) is 23.2 Å². The highest BCUT2D eigenvalue weighted by atomic mass is 35.5. The Kier molecular flexibility index (Phi) is 6.20. The molecule has 2 nitrogen and oxygen atoms in total. The van der Waals surface area contributed by atoms with Crippen molar-refractivity contribution in [3.05, 3.63) is 34.9 Å². The fraction of sp³-hybridized carbons (Fsp3) is 0.533. The van der Waals surface area contributed by atoms with Gasteiger partial charge >= 0.3 is 0 Å². The van der Waals surface area contributed by atoms with Crippen molar-refractivity contribution in [3.8, 4) is 0 Å². The lowest BCUT2D eigenvalue weighted by molar-refractivity contribution is 0.0685. The molecule has 1 rings (SSSR count). The van der Waals surface area contributed by atoms with E-state index in [0.717, 1.165) is 31.4 Å². The van der Waals surface area contributed by atoms with Gasteiger partial charge in [-0.1, -0.05) is 31.9 Å². The summed E-state index contributed by atoms with van der Waals surface area (Å²) in [5, 5.41) is 0.662. The van der Waals surface area contributed by atoms with Gasteiger partial charge in [-0.3, -0.25) is 4.79 Å². The van der Waals surface area contributed by atoms with Gasteiger partial charge in [-0.25, -0.2) is 0 Å². The van der Waals surface area contributed by atoms with Gasteiger partial charge in [0.2, 0.25) is 0 Å². The number of hydrogen-bond acceptors (Lipinski definition) is 1. The molecule has 0 saturated carbocycles. The van der Waals surface area contributed by atoms with Gasteiger partial charge in [0.05, 0.1) is 0 Å². The summed E-state index contributed by atoms with van der Waals surface area (Å²) in [5.74, 6) is 0.106. The average Bonchev–Trinajstić information content (AvgIpc) is 2.39. The molecule has 0 fully saturated rings. The number of carbonyl (C=O) groups is 1. The van der Waals surface area contributed by atoms with Crippen LogP contribution in [-0.2, 0) is 0 Å². The Hall–Kier alpha value is -1.02. The minimum atomic E-state index is 0.106. The maximum Gasteiger partial charge on any atom is 0.254 e. The van der Waals surface area contributed by atoms with Crippen LogP contribution in [0.5, 0.6) is 0 Å². The largest absolute Gasteiger partial charge is 0.336 e. The van der Waals surface area contributed by atoms with E-state index >= 15 is 0 Å². The van der Waals surface area contributed by atoms with Crippen LogP contribution in [0.25, 0.3) is 0 Å². The molecular weight excluding hydrogens is 246 g/mol. The number of benzene rings is 1. The lowest BCUT2D eigenvalue weighted by Gasteiger charge is -2.28. The number of nitrogens with zero attached hydrogens (tertiary/aromatic N) is 1. The third kappa shape index (κ3) is 4.02. The molecule has 0 bridgehead atoms. The molecule has 3 heteroatoms. The molecule has 1 unspecified atom stereocenters. The van der Waals surface area contributed by atoms with Crippen molar-refractivity contribution in [1.82, 2.24) is 4.90 Å². The summed E-state index contributed by atoms with van der Waals surface area (Å²) in [5.41, 5.74) is 0.718. The van der Waals surface area contributed by atoms with Gasteiger partial charge < -0.3 is 4.90 Å². The zero-order valence-corrected chi connectivity index (χ0v) is 12.2. The summed E-state index contributed by atoms with van der Waals surface area (Å²) in [4.78, 5) is 14.4. The third-order valence-corrected chi connectivity index (χ3v) is 3.48. The standard InChI is InChI=1S/C15H22ClNO/c1-4-6-11-17(12(3)5-2)15(18)13-7-9-14(16)10-8-13/h7-10,12H,4-6,11H2,1-3H3. The Morgan fingerprint density at radius 1 is 1.28 bits per heavy atom. The molecule has 0 aliphatic heterocycles. The van der Waals surface area contributed by atoms with Crippen LogP contribution in [0.2, 0.25) is 5.02 Å². The highest BCUT2D eigenvalue weighted by Gasteiger charge is 2.19. The topological polar surface area (TPSA) is 20.3 Å². The minimum absolute atomic E-state index is 0.106. The van der Waals surface area contributed by atoms with E-state index < -0.39 is 0 Å². The quantitative estimate of drug-likeness (QED) is 0.749. The summed E-state index contributed by atoms with van der Waals surface area (Å²) in [6, 6.07) is 7.41. The van der Waals surface area contributed by atoms with Gasteiger partial charge in [0.15, 0.2) is 0 Å². The first-order valence-corrected chi connectivity index (χ1v) is 7.04. The van der Waals surface area contributed by atoms with Crippen LogP contribution in [0.15, 0.2) is 24.3 Å². The second kappa shape index (κ2) is 7.42. The van der Waals surface area contributed by atoms with E-state index in [9.17, 15) is 4.79 Å². The van der Waals surface area contributed by atoms with Gasteiger partial charge in [-0.15, -0.1) is 0 Å². The Morgan fingerprint density at radius 3 is 2.39 bits per heavy atom. The van der Waals surface area contributed by atoms with Crippen molar-refractivity contribution in [1.29, 1.82) is 0 Å². The Balaban J connectivity index is 2.83. The van der Waals surface area contributed by atoms with Crippen LogP contribution in [0.1, 0.15) is 50.4 Å². The number of halogens is 1. The van der Waals surface area contributed by atoms with Crippen LogP contribution in [0, 0.1) is 0 Å². The lowest BCUT2D eigenvalue weighted by Crippen LogP contribution is -2.39. The normalized spacial score (nSPS) is 12.2. The van der Waals surface area contributed by atoms with Gasteiger partial charge in [-0.05, 0) is 44.0 Å². The maximum atomic E-state index is 12.4. The summed E-state index contributed by atoms with van der Waals surface area (Å²) in [6.45, 7) is 7.18. The van der Waals surface area contributed by atoms with Crippen molar-refractivity contribution >= 4 is 17.5 Å². The first-order chi connectivity index (χ1) is 8.60. The molecular formula is C15H22ClNO. The van der Waals surface area contributed by atoms with E-state index in [4.69, 9.17) is 11.6 Å². The zero-order chi connectivity index (χ0) is 13.5. The summed E-state index contributed by atoms with van der Waals surface area (Å²) in [6.07, 6.45) is 3.12. The van der Waals surface area contributed by atoms with E-state index in [1.807, 2.05) is 4.90 Å². The first kappa shape index (κ1) is 15.0. The summed E-state index contributed by atoms with van der Waals surface area (Å²) in [7, 11) is 0. The molecule has 0 heterocycles. The Morgan fingerprint density at radius 2 is 1.89 bits per heavy atom. The van der Waals surface area contributed by atoms with Crippen LogP contribution >= 0.6 is 11.6 Å². The average molecular weight is 268 g/mol. The number of unbranched alkanes of at least 4 members (excludes halogenated alkanes) is 1. The smallest absolute Gasteiger partial charge is 0.254 e. The van der Waals surface area contributed by atoms with Crippen LogP contribution < -0.4 is 0 Å². The Bertz CT molecular complexity index is 375. The molecule has 0 saturated heterocycles. The van der Waals surface area contributed by atoms with E-state index in [2.05, 4.69) is 20.8 Å². The van der Waals surface area contributed by atoms with E-state index in [0.29, 0.717) is 5.02 Å². The molecule has 0 aliphatic carbocycles. The predicted molar refractivity (Wildman–Crippen MR) is 77.1 cm³/mol. The van der Waals surface area contributed by atoms with Crippen molar-refractivity contribution in [2.24, 2.45) is 0 Å².